The summed E-state index contributed by atoms with van der Waals surface area (Å²) in [5, 5.41) is 5.27. The molecule has 4 aromatic carbocycles. The van der Waals surface area contributed by atoms with Crippen LogP contribution in [0.15, 0.2) is 84.9 Å². The number of rotatable bonds is 7. The van der Waals surface area contributed by atoms with E-state index in [0.717, 1.165) is 45.2 Å². The Morgan fingerprint density at radius 3 is 2.24 bits per heavy atom. The van der Waals surface area contributed by atoms with Crippen LogP contribution in [0.3, 0.4) is 0 Å². The second-order valence-electron chi connectivity index (χ2n) is 9.68. The second-order valence-corrected chi connectivity index (χ2v) is 11.6. The largest absolute Gasteiger partial charge is 0.341 e. The summed E-state index contributed by atoms with van der Waals surface area (Å²) in [6, 6.07) is 26.9. The molecule has 1 N–H and O–H groups in total. The SMILES string of the molecule is CCn1c2ccccc2c2cc(NC(=O)c3ccc(CN(c4ccc(C)c(C)c4)S(C)(=O)=O)cc3)ccc21. The first-order valence-corrected chi connectivity index (χ1v) is 14.5. The van der Waals surface area contributed by atoms with Crippen LogP contribution in [-0.2, 0) is 23.1 Å². The molecule has 194 valence electrons. The summed E-state index contributed by atoms with van der Waals surface area (Å²) in [5.74, 6) is -0.218. The first-order chi connectivity index (χ1) is 18.2. The molecule has 0 saturated heterocycles. The Morgan fingerprint density at radius 2 is 1.55 bits per heavy atom. The molecule has 5 rings (SSSR count). The Balaban J connectivity index is 1.36. The van der Waals surface area contributed by atoms with Gasteiger partial charge in [0.15, 0.2) is 0 Å². The van der Waals surface area contributed by atoms with Crippen LogP contribution in [-0.4, -0.2) is 25.1 Å². The molecule has 0 unspecified atom stereocenters. The zero-order valence-electron chi connectivity index (χ0n) is 22.0. The van der Waals surface area contributed by atoms with Crippen LogP contribution >= 0.6 is 0 Å². The van der Waals surface area contributed by atoms with Gasteiger partial charge in [-0.3, -0.25) is 9.10 Å². The van der Waals surface area contributed by atoms with Gasteiger partial charge < -0.3 is 9.88 Å². The molecule has 38 heavy (non-hydrogen) atoms. The number of amides is 1. The number of nitrogens with one attached hydrogen (secondary N) is 1. The molecule has 0 aliphatic heterocycles. The molecule has 0 saturated carbocycles. The van der Waals surface area contributed by atoms with Gasteiger partial charge in [-0.25, -0.2) is 8.42 Å². The summed E-state index contributed by atoms with van der Waals surface area (Å²) in [6.07, 6.45) is 1.21. The van der Waals surface area contributed by atoms with Gasteiger partial charge in [-0.1, -0.05) is 36.4 Å². The van der Waals surface area contributed by atoms with Crippen LogP contribution in [0.2, 0.25) is 0 Å². The van der Waals surface area contributed by atoms with E-state index in [1.807, 2.05) is 62.4 Å². The van der Waals surface area contributed by atoms with Gasteiger partial charge in [-0.15, -0.1) is 0 Å². The molecule has 5 aromatic rings. The zero-order chi connectivity index (χ0) is 27.0. The van der Waals surface area contributed by atoms with Gasteiger partial charge in [0.1, 0.15) is 0 Å². The van der Waals surface area contributed by atoms with Gasteiger partial charge in [-0.05, 0) is 86.0 Å². The molecule has 6 nitrogen and oxygen atoms in total. The lowest BCUT2D eigenvalue weighted by Gasteiger charge is -2.23. The summed E-state index contributed by atoms with van der Waals surface area (Å²) < 4.78 is 28.8. The summed E-state index contributed by atoms with van der Waals surface area (Å²) in [5.41, 5.74) is 7.08. The number of benzene rings is 4. The first kappa shape index (κ1) is 25.5. The van der Waals surface area contributed by atoms with E-state index < -0.39 is 10.0 Å². The third-order valence-corrected chi connectivity index (χ3v) is 8.21. The summed E-state index contributed by atoms with van der Waals surface area (Å²) in [6.45, 7) is 7.13. The van der Waals surface area contributed by atoms with Crippen LogP contribution in [0, 0.1) is 13.8 Å². The molecule has 1 aromatic heterocycles. The summed E-state index contributed by atoms with van der Waals surface area (Å²) in [7, 11) is -3.49. The molecule has 0 bridgehead atoms. The summed E-state index contributed by atoms with van der Waals surface area (Å²) in [4.78, 5) is 13.0. The number of hydrogen-bond donors (Lipinski definition) is 1. The van der Waals surface area contributed by atoms with Crippen molar-refractivity contribution in [3.05, 3.63) is 107 Å². The number of fused-ring (bicyclic) bond motifs is 3. The fourth-order valence-electron chi connectivity index (χ4n) is 4.88. The van der Waals surface area contributed by atoms with E-state index in [0.29, 0.717) is 11.3 Å². The van der Waals surface area contributed by atoms with Crippen molar-refractivity contribution in [3.63, 3.8) is 0 Å². The number of aromatic nitrogens is 1. The zero-order valence-corrected chi connectivity index (χ0v) is 22.8. The number of aryl methyl sites for hydroxylation is 3. The predicted molar refractivity (Wildman–Crippen MR) is 156 cm³/mol. The van der Waals surface area contributed by atoms with Crippen LogP contribution in [0.4, 0.5) is 11.4 Å². The maximum atomic E-state index is 13.0. The standard InChI is InChI=1S/C31H31N3O3S/c1-5-33-29-9-7-6-8-27(29)28-19-25(15-17-30(28)33)32-31(35)24-13-11-23(12-14-24)20-34(38(4,36)37)26-16-10-21(2)22(3)18-26/h6-19H,5,20H2,1-4H3,(H,32,35). The van der Waals surface area contributed by atoms with Gasteiger partial charge in [0.2, 0.25) is 10.0 Å². The maximum absolute atomic E-state index is 13.0. The number of anilines is 2. The average molecular weight is 526 g/mol. The minimum Gasteiger partial charge on any atom is -0.341 e. The molecular formula is C31H31N3O3S. The third-order valence-electron chi connectivity index (χ3n) is 7.07. The lowest BCUT2D eigenvalue weighted by molar-refractivity contribution is 0.102. The van der Waals surface area contributed by atoms with Crippen LogP contribution in [0.1, 0.15) is 34.0 Å². The van der Waals surface area contributed by atoms with E-state index in [1.165, 1.54) is 16.1 Å². The molecule has 0 aliphatic carbocycles. The van der Waals surface area contributed by atoms with Crippen molar-refractivity contribution in [2.45, 2.75) is 33.9 Å². The van der Waals surface area contributed by atoms with E-state index in [4.69, 9.17) is 0 Å². The molecule has 0 spiro atoms. The Labute approximate surface area is 223 Å². The Hall–Kier alpha value is -4.10. The van der Waals surface area contributed by atoms with Crippen molar-refractivity contribution >= 4 is 49.1 Å². The van der Waals surface area contributed by atoms with Gasteiger partial charge in [0.25, 0.3) is 5.91 Å². The molecule has 1 amide bonds. The molecule has 0 fully saturated rings. The molecule has 7 heteroatoms. The van der Waals surface area contributed by atoms with E-state index in [9.17, 15) is 13.2 Å². The van der Waals surface area contributed by atoms with Crippen molar-refractivity contribution in [3.8, 4) is 0 Å². The molecular weight excluding hydrogens is 494 g/mol. The van der Waals surface area contributed by atoms with Crippen molar-refractivity contribution in [2.24, 2.45) is 0 Å². The molecule has 0 aliphatic rings. The molecule has 1 heterocycles. The number of para-hydroxylation sites is 1. The average Bonchev–Trinajstić information content (AvgIpc) is 3.21. The first-order valence-electron chi connectivity index (χ1n) is 12.6. The minimum atomic E-state index is -3.49. The Bertz CT molecular complexity index is 1770. The van der Waals surface area contributed by atoms with E-state index >= 15 is 0 Å². The predicted octanol–water partition coefficient (Wildman–Crippen LogP) is 6.65. The van der Waals surface area contributed by atoms with Crippen LogP contribution in [0.5, 0.6) is 0 Å². The highest BCUT2D eigenvalue weighted by atomic mass is 32.2. The second kappa shape index (κ2) is 9.99. The Morgan fingerprint density at radius 1 is 0.842 bits per heavy atom. The highest BCUT2D eigenvalue weighted by molar-refractivity contribution is 7.92. The number of nitrogens with zero attached hydrogens (tertiary/aromatic N) is 2. The highest BCUT2D eigenvalue weighted by Crippen LogP contribution is 2.31. The van der Waals surface area contributed by atoms with Crippen molar-refractivity contribution < 1.29 is 13.2 Å². The summed E-state index contributed by atoms with van der Waals surface area (Å²) >= 11 is 0. The number of carbonyl (C=O) groups is 1. The fourth-order valence-corrected chi connectivity index (χ4v) is 5.76. The van der Waals surface area contributed by atoms with Gasteiger partial charge in [0.05, 0.1) is 18.5 Å². The highest BCUT2D eigenvalue weighted by Gasteiger charge is 2.19. The normalized spacial score (nSPS) is 11.7. The monoisotopic (exact) mass is 525 g/mol. The van der Waals surface area contributed by atoms with Gasteiger partial charge in [0, 0.05) is 39.6 Å². The van der Waals surface area contributed by atoms with E-state index in [-0.39, 0.29) is 12.5 Å². The Kier molecular flexibility index (Phi) is 6.71. The topological polar surface area (TPSA) is 71.4 Å². The van der Waals surface area contributed by atoms with Gasteiger partial charge in [-0.2, -0.15) is 0 Å². The molecule has 0 atom stereocenters. The maximum Gasteiger partial charge on any atom is 0.255 e. The smallest absolute Gasteiger partial charge is 0.255 e. The van der Waals surface area contributed by atoms with Crippen molar-refractivity contribution in [1.29, 1.82) is 0 Å². The van der Waals surface area contributed by atoms with Crippen molar-refractivity contribution in [1.82, 2.24) is 4.57 Å². The quantitative estimate of drug-likeness (QED) is 0.259. The van der Waals surface area contributed by atoms with E-state index in [2.05, 4.69) is 28.9 Å². The minimum absolute atomic E-state index is 0.182. The van der Waals surface area contributed by atoms with E-state index in [1.54, 1.807) is 24.3 Å². The third kappa shape index (κ3) is 4.89. The van der Waals surface area contributed by atoms with Crippen LogP contribution < -0.4 is 9.62 Å². The number of sulfonamides is 1. The lowest BCUT2D eigenvalue weighted by atomic mass is 10.1. The number of hydrogen-bond acceptors (Lipinski definition) is 3. The lowest BCUT2D eigenvalue weighted by Crippen LogP contribution is -2.29. The van der Waals surface area contributed by atoms with Gasteiger partial charge >= 0.3 is 0 Å². The van der Waals surface area contributed by atoms with Crippen molar-refractivity contribution in [2.75, 3.05) is 15.9 Å². The fraction of sp³-hybridized carbons (Fsp3) is 0.194. The van der Waals surface area contributed by atoms with Crippen LogP contribution in [0.25, 0.3) is 21.8 Å². The molecule has 0 radical (unpaired) electrons. The number of carbonyl (C=O) groups excluding carboxylic acids is 1.